The second-order valence-corrected chi connectivity index (χ2v) is 5.17. The first-order valence-corrected chi connectivity index (χ1v) is 7.89. The highest BCUT2D eigenvalue weighted by Crippen LogP contribution is 2.27. The zero-order valence-corrected chi connectivity index (χ0v) is 14.8. The number of carbonyl (C=O) groups excluding carboxylic acids is 1. The second-order valence-electron chi connectivity index (χ2n) is 5.17. The van der Waals surface area contributed by atoms with E-state index in [0.29, 0.717) is 29.4 Å². The van der Waals surface area contributed by atoms with Gasteiger partial charge in [0.2, 0.25) is 0 Å². The number of methoxy groups -OCH3 is 2. The molecule has 0 unspecified atom stereocenters. The van der Waals surface area contributed by atoms with Crippen molar-refractivity contribution in [3.63, 3.8) is 0 Å². The first-order chi connectivity index (χ1) is 12.1. The van der Waals surface area contributed by atoms with E-state index in [2.05, 4.69) is 10.5 Å². The summed E-state index contributed by atoms with van der Waals surface area (Å²) in [4.78, 5) is 12.3. The van der Waals surface area contributed by atoms with Gasteiger partial charge in [-0.1, -0.05) is 0 Å². The molecule has 2 rings (SSSR count). The molecule has 6 heteroatoms. The van der Waals surface area contributed by atoms with Crippen molar-refractivity contribution in [2.24, 2.45) is 5.10 Å². The van der Waals surface area contributed by atoms with Gasteiger partial charge in [0, 0.05) is 5.56 Å². The lowest BCUT2D eigenvalue weighted by atomic mass is 10.1. The van der Waals surface area contributed by atoms with E-state index in [1.54, 1.807) is 25.3 Å². The molecule has 0 spiro atoms. The molecule has 0 bridgehead atoms. The van der Waals surface area contributed by atoms with Crippen molar-refractivity contribution >= 4 is 11.6 Å². The summed E-state index contributed by atoms with van der Waals surface area (Å²) >= 11 is 0. The molecule has 0 saturated carbocycles. The van der Waals surface area contributed by atoms with Crippen LogP contribution in [0.4, 0.5) is 0 Å². The minimum absolute atomic E-state index is 0.328. The molecule has 0 heterocycles. The predicted molar refractivity (Wildman–Crippen MR) is 96.8 cm³/mol. The number of nitrogens with one attached hydrogen (secondary N) is 1. The average molecular weight is 342 g/mol. The van der Waals surface area contributed by atoms with Crippen LogP contribution in [-0.4, -0.2) is 32.4 Å². The molecule has 132 valence electrons. The van der Waals surface area contributed by atoms with Crippen LogP contribution < -0.4 is 19.6 Å². The summed E-state index contributed by atoms with van der Waals surface area (Å²) in [6.45, 7) is 4.38. The smallest absolute Gasteiger partial charge is 0.271 e. The van der Waals surface area contributed by atoms with Crippen molar-refractivity contribution in [1.82, 2.24) is 5.43 Å². The number of ether oxygens (including phenoxy) is 3. The summed E-state index contributed by atoms with van der Waals surface area (Å²) in [5, 5.41) is 4.15. The Balaban J connectivity index is 2.08. The zero-order valence-electron chi connectivity index (χ0n) is 14.8. The standard InChI is InChI=1S/C19H22N2O4/c1-5-25-16-9-6-14(7-10-16)13(2)20-21-19(22)15-8-11-17(23-3)18(12-15)24-4/h6-12H,5H2,1-4H3,(H,21,22)/b20-13-. The molecule has 2 aromatic rings. The van der Waals surface area contributed by atoms with Crippen molar-refractivity contribution in [2.75, 3.05) is 20.8 Å². The average Bonchev–Trinajstić information content (AvgIpc) is 2.66. The van der Waals surface area contributed by atoms with Gasteiger partial charge < -0.3 is 14.2 Å². The summed E-state index contributed by atoms with van der Waals surface area (Å²) in [7, 11) is 3.07. The quantitative estimate of drug-likeness (QED) is 0.619. The molecule has 6 nitrogen and oxygen atoms in total. The highest BCUT2D eigenvalue weighted by molar-refractivity contribution is 6.01. The van der Waals surface area contributed by atoms with Gasteiger partial charge in [-0.05, 0) is 61.9 Å². The molecule has 0 aliphatic rings. The molecule has 1 N–H and O–H groups in total. The fraction of sp³-hybridized carbons (Fsp3) is 0.263. The molecular formula is C19H22N2O4. The molecule has 0 fully saturated rings. The molecule has 25 heavy (non-hydrogen) atoms. The number of carbonyl (C=O) groups is 1. The lowest BCUT2D eigenvalue weighted by molar-refractivity contribution is 0.0954. The van der Waals surface area contributed by atoms with Gasteiger partial charge in [0.05, 0.1) is 26.5 Å². The van der Waals surface area contributed by atoms with E-state index in [9.17, 15) is 4.79 Å². The minimum atomic E-state index is -0.328. The third-order valence-corrected chi connectivity index (χ3v) is 3.55. The Hall–Kier alpha value is -3.02. The molecule has 2 aromatic carbocycles. The number of rotatable bonds is 7. The summed E-state index contributed by atoms with van der Waals surface area (Å²) in [6, 6.07) is 12.5. The summed E-state index contributed by atoms with van der Waals surface area (Å²) in [5.41, 5.74) is 4.57. The second kappa shape index (κ2) is 8.73. The molecule has 0 atom stereocenters. The van der Waals surface area contributed by atoms with E-state index in [4.69, 9.17) is 14.2 Å². The van der Waals surface area contributed by atoms with E-state index in [-0.39, 0.29) is 5.91 Å². The Morgan fingerprint density at radius 1 is 1.00 bits per heavy atom. The van der Waals surface area contributed by atoms with Crippen LogP contribution in [0.2, 0.25) is 0 Å². The lowest BCUT2D eigenvalue weighted by Crippen LogP contribution is -2.19. The fourth-order valence-corrected chi connectivity index (χ4v) is 2.20. The molecule has 0 aliphatic heterocycles. The number of amides is 1. The number of hydrazone groups is 1. The van der Waals surface area contributed by atoms with Crippen LogP contribution in [0.1, 0.15) is 29.8 Å². The molecule has 1 amide bonds. The van der Waals surface area contributed by atoms with Gasteiger partial charge in [-0.25, -0.2) is 5.43 Å². The minimum Gasteiger partial charge on any atom is -0.494 e. The Kier molecular flexibility index (Phi) is 6.39. The van der Waals surface area contributed by atoms with Crippen molar-refractivity contribution in [2.45, 2.75) is 13.8 Å². The number of nitrogens with zero attached hydrogens (tertiary/aromatic N) is 1. The first kappa shape index (κ1) is 18.3. The maximum Gasteiger partial charge on any atom is 0.271 e. The van der Waals surface area contributed by atoms with Gasteiger partial charge in [-0.3, -0.25) is 4.79 Å². The first-order valence-electron chi connectivity index (χ1n) is 7.89. The van der Waals surface area contributed by atoms with Gasteiger partial charge >= 0.3 is 0 Å². The van der Waals surface area contributed by atoms with Gasteiger partial charge in [0.1, 0.15) is 5.75 Å². The van der Waals surface area contributed by atoms with Crippen molar-refractivity contribution < 1.29 is 19.0 Å². The molecule has 0 radical (unpaired) electrons. The normalized spacial score (nSPS) is 11.0. The van der Waals surface area contributed by atoms with E-state index in [1.165, 1.54) is 7.11 Å². The van der Waals surface area contributed by atoms with Crippen molar-refractivity contribution in [1.29, 1.82) is 0 Å². The Labute approximate surface area is 147 Å². The third-order valence-electron chi connectivity index (χ3n) is 3.55. The van der Waals surface area contributed by atoms with E-state index >= 15 is 0 Å². The van der Waals surface area contributed by atoms with Crippen LogP contribution in [0.5, 0.6) is 17.2 Å². The molecule has 0 aliphatic carbocycles. The van der Waals surface area contributed by atoms with Gasteiger partial charge in [0.15, 0.2) is 11.5 Å². The summed E-state index contributed by atoms with van der Waals surface area (Å²) < 4.78 is 15.8. The Bertz CT molecular complexity index is 755. The van der Waals surface area contributed by atoms with Crippen LogP contribution in [-0.2, 0) is 0 Å². The molecule has 0 saturated heterocycles. The molecular weight excluding hydrogens is 320 g/mol. The summed E-state index contributed by atoms with van der Waals surface area (Å²) in [6.07, 6.45) is 0. The summed E-state index contributed by atoms with van der Waals surface area (Å²) in [5.74, 6) is 1.52. The van der Waals surface area contributed by atoms with Crippen LogP contribution in [0.25, 0.3) is 0 Å². The number of hydrogen-bond donors (Lipinski definition) is 1. The van der Waals surface area contributed by atoms with E-state index in [0.717, 1.165) is 11.3 Å². The topological polar surface area (TPSA) is 69.2 Å². The third kappa shape index (κ3) is 4.73. The van der Waals surface area contributed by atoms with Gasteiger partial charge in [0.25, 0.3) is 5.91 Å². The molecule has 0 aromatic heterocycles. The number of benzene rings is 2. The Morgan fingerprint density at radius 3 is 2.24 bits per heavy atom. The largest absolute Gasteiger partial charge is 0.494 e. The zero-order chi connectivity index (χ0) is 18.2. The van der Waals surface area contributed by atoms with Crippen LogP contribution in [0, 0.1) is 0 Å². The Morgan fingerprint density at radius 2 is 1.64 bits per heavy atom. The highest BCUT2D eigenvalue weighted by atomic mass is 16.5. The maximum atomic E-state index is 12.3. The lowest BCUT2D eigenvalue weighted by Gasteiger charge is -2.09. The number of hydrogen-bond acceptors (Lipinski definition) is 5. The SMILES string of the molecule is CCOc1ccc(/C(C)=N\NC(=O)c2ccc(OC)c(OC)c2)cc1. The van der Waals surface area contributed by atoms with Gasteiger partial charge in [-0.15, -0.1) is 0 Å². The van der Waals surface area contributed by atoms with E-state index < -0.39 is 0 Å². The highest BCUT2D eigenvalue weighted by Gasteiger charge is 2.10. The fourth-order valence-electron chi connectivity index (χ4n) is 2.20. The van der Waals surface area contributed by atoms with Crippen LogP contribution in [0.3, 0.4) is 0 Å². The van der Waals surface area contributed by atoms with Crippen LogP contribution >= 0.6 is 0 Å². The predicted octanol–water partition coefficient (Wildman–Crippen LogP) is 3.26. The monoisotopic (exact) mass is 342 g/mol. The van der Waals surface area contributed by atoms with Crippen molar-refractivity contribution in [3.8, 4) is 17.2 Å². The van der Waals surface area contributed by atoms with Crippen molar-refractivity contribution in [3.05, 3.63) is 53.6 Å². The van der Waals surface area contributed by atoms with Gasteiger partial charge in [-0.2, -0.15) is 5.10 Å². The van der Waals surface area contributed by atoms with E-state index in [1.807, 2.05) is 38.1 Å². The maximum absolute atomic E-state index is 12.3. The van der Waals surface area contributed by atoms with Crippen LogP contribution in [0.15, 0.2) is 47.6 Å².